The molecule has 2 N–H and O–H groups in total. The van der Waals surface area contributed by atoms with Crippen LogP contribution < -0.4 is 4.90 Å². The molecule has 1 rings (SSSR count). The van der Waals surface area contributed by atoms with Crippen molar-refractivity contribution in [3.8, 4) is 0 Å². The number of hydrogen-bond donors (Lipinski definition) is 2. The first-order valence-electron chi connectivity index (χ1n) is 5.64. The Hall–Kier alpha value is -1.13. The molecule has 0 aromatic carbocycles. The van der Waals surface area contributed by atoms with E-state index >= 15 is 0 Å². The van der Waals surface area contributed by atoms with E-state index in [0.29, 0.717) is 5.69 Å². The third-order valence-corrected chi connectivity index (χ3v) is 2.58. The van der Waals surface area contributed by atoms with Crippen molar-refractivity contribution in [2.24, 2.45) is 0 Å². The Morgan fingerprint density at radius 3 is 2.44 bits per heavy atom. The maximum absolute atomic E-state index is 9.57. The monoisotopic (exact) mass is 224 g/mol. The van der Waals surface area contributed by atoms with Gasteiger partial charge in [-0.1, -0.05) is 0 Å². The van der Waals surface area contributed by atoms with Gasteiger partial charge in [-0.15, -0.1) is 0 Å². The standard InChI is InChI=1S/C12H20N2O2/c1-4-14(5-2)12-7-9(3)6-10(13-12)11(16)8-15/h6-7,11,15-16H,4-5,8H2,1-3H3. The zero-order chi connectivity index (χ0) is 12.1. The lowest BCUT2D eigenvalue weighted by molar-refractivity contribution is 0.0923. The molecule has 4 nitrogen and oxygen atoms in total. The molecule has 1 aromatic rings. The number of aliphatic hydroxyl groups excluding tert-OH is 2. The molecule has 4 heteroatoms. The van der Waals surface area contributed by atoms with Crippen molar-refractivity contribution in [3.63, 3.8) is 0 Å². The SMILES string of the molecule is CCN(CC)c1cc(C)cc(C(O)CO)n1. The van der Waals surface area contributed by atoms with Gasteiger partial charge < -0.3 is 15.1 Å². The molecule has 0 aliphatic rings. The summed E-state index contributed by atoms with van der Waals surface area (Å²) in [5, 5.41) is 18.5. The fourth-order valence-corrected chi connectivity index (χ4v) is 1.65. The van der Waals surface area contributed by atoms with Crippen LogP contribution in [0.1, 0.15) is 31.2 Å². The number of nitrogens with zero attached hydrogens (tertiary/aromatic N) is 2. The Bertz CT molecular complexity index is 338. The van der Waals surface area contributed by atoms with E-state index in [2.05, 4.69) is 23.7 Å². The molecule has 0 saturated heterocycles. The molecule has 16 heavy (non-hydrogen) atoms. The van der Waals surface area contributed by atoms with E-state index in [1.165, 1.54) is 0 Å². The van der Waals surface area contributed by atoms with Gasteiger partial charge in [0.15, 0.2) is 0 Å². The van der Waals surface area contributed by atoms with E-state index in [0.717, 1.165) is 24.5 Å². The predicted molar refractivity (Wildman–Crippen MR) is 64.6 cm³/mol. The van der Waals surface area contributed by atoms with Crippen LogP contribution in [0.4, 0.5) is 5.82 Å². The van der Waals surface area contributed by atoms with Crippen LogP contribution in [0.5, 0.6) is 0 Å². The average Bonchev–Trinajstić information content (AvgIpc) is 2.29. The van der Waals surface area contributed by atoms with Crippen LogP contribution in [0, 0.1) is 6.92 Å². The molecule has 0 aliphatic carbocycles. The number of aromatic nitrogens is 1. The van der Waals surface area contributed by atoms with Crippen molar-refractivity contribution in [1.82, 2.24) is 4.98 Å². The largest absolute Gasteiger partial charge is 0.393 e. The zero-order valence-electron chi connectivity index (χ0n) is 10.1. The van der Waals surface area contributed by atoms with Crippen LogP contribution in [-0.4, -0.2) is 34.9 Å². The van der Waals surface area contributed by atoms with Crippen LogP contribution in [0.2, 0.25) is 0 Å². The zero-order valence-corrected chi connectivity index (χ0v) is 10.1. The second-order valence-electron chi connectivity index (χ2n) is 3.80. The van der Waals surface area contributed by atoms with E-state index in [9.17, 15) is 5.11 Å². The molecular formula is C12H20N2O2. The first-order chi connectivity index (χ1) is 7.62. The Morgan fingerprint density at radius 1 is 1.31 bits per heavy atom. The number of aliphatic hydroxyl groups is 2. The topological polar surface area (TPSA) is 56.6 Å². The molecule has 1 atom stereocenters. The highest BCUT2D eigenvalue weighted by Crippen LogP contribution is 2.18. The number of hydrogen-bond acceptors (Lipinski definition) is 4. The summed E-state index contributed by atoms with van der Waals surface area (Å²) in [7, 11) is 0. The number of rotatable bonds is 5. The second kappa shape index (κ2) is 5.82. The lowest BCUT2D eigenvalue weighted by Crippen LogP contribution is -2.23. The van der Waals surface area contributed by atoms with Crippen molar-refractivity contribution in [3.05, 3.63) is 23.4 Å². The first-order valence-corrected chi connectivity index (χ1v) is 5.64. The maximum Gasteiger partial charge on any atom is 0.129 e. The quantitative estimate of drug-likeness (QED) is 0.790. The highest BCUT2D eigenvalue weighted by molar-refractivity contribution is 5.42. The number of pyridine rings is 1. The summed E-state index contributed by atoms with van der Waals surface area (Å²) in [5.74, 6) is 0.854. The third kappa shape index (κ3) is 2.93. The summed E-state index contributed by atoms with van der Waals surface area (Å²) < 4.78 is 0. The van der Waals surface area contributed by atoms with Crippen LogP contribution in [-0.2, 0) is 0 Å². The van der Waals surface area contributed by atoms with E-state index in [-0.39, 0.29) is 6.61 Å². The van der Waals surface area contributed by atoms with Crippen molar-refractivity contribution in [2.75, 3.05) is 24.6 Å². The lowest BCUT2D eigenvalue weighted by atomic mass is 10.2. The smallest absolute Gasteiger partial charge is 0.129 e. The van der Waals surface area contributed by atoms with Gasteiger partial charge >= 0.3 is 0 Å². The maximum atomic E-state index is 9.57. The normalized spacial score (nSPS) is 12.6. The van der Waals surface area contributed by atoms with Gasteiger partial charge in [-0.2, -0.15) is 0 Å². The van der Waals surface area contributed by atoms with E-state index in [1.807, 2.05) is 13.0 Å². The lowest BCUT2D eigenvalue weighted by Gasteiger charge is -2.21. The average molecular weight is 224 g/mol. The number of aryl methyl sites for hydroxylation is 1. The van der Waals surface area contributed by atoms with Crippen molar-refractivity contribution < 1.29 is 10.2 Å². The summed E-state index contributed by atoms with van der Waals surface area (Å²) in [6, 6.07) is 3.79. The molecule has 0 amide bonds. The van der Waals surface area contributed by atoms with Gasteiger partial charge in [0.1, 0.15) is 11.9 Å². The van der Waals surface area contributed by atoms with Crippen molar-refractivity contribution in [1.29, 1.82) is 0 Å². The van der Waals surface area contributed by atoms with E-state index in [1.54, 1.807) is 6.07 Å². The Balaban J connectivity index is 3.06. The van der Waals surface area contributed by atoms with Gasteiger partial charge in [0.2, 0.25) is 0 Å². The highest BCUT2D eigenvalue weighted by atomic mass is 16.3. The molecule has 1 heterocycles. The molecule has 0 aliphatic heterocycles. The minimum atomic E-state index is -0.894. The number of anilines is 1. The summed E-state index contributed by atoms with van der Waals surface area (Å²) in [6.45, 7) is 7.55. The molecular weight excluding hydrogens is 204 g/mol. The Morgan fingerprint density at radius 2 is 1.94 bits per heavy atom. The minimum Gasteiger partial charge on any atom is -0.393 e. The fraction of sp³-hybridized carbons (Fsp3) is 0.583. The van der Waals surface area contributed by atoms with Crippen LogP contribution in [0.3, 0.4) is 0 Å². The molecule has 1 unspecified atom stereocenters. The van der Waals surface area contributed by atoms with Gasteiger partial charge in [0.05, 0.1) is 12.3 Å². The molecule has 0 spiro atoms. The van der Waals surface area contributed by atoms with Gasteiger partial charge in [-0.25, -0.2) is 4.98 Å². The Kier molecular flexibility index (Phi) is 4.71. The van der Waals surface area contributed by atoms with Crippen molar-refractivity contribution in [2.45, 2.75) is 26.9 Å². The third-order valence-electron chi connectivity index (χ3n) is 2.58. The second-order valence-corrected chi connectivity index (χ2v) is 3.80. The summed E-state index contributed by atoms with van der Waals surface area (Å²) >= 11 is 0. The van der Waals surface area contributed by atoms with E-state index in [4.69, 9.17) is 5.11 Å². The predicted octanol–water partition coefficient (Wildman–Crippen LogP) is 1.26. The van der Waals surface area contributed by atoms with Gasteiger partial charge in [-0.05, 0) is 38.5 Å². The molecule has 1 aromatic heterocycles. The van der Waals surface area contributed by atoms with Gasteiger partial charge in [-0.3, -0.25) is 0 Å². The molecule has 90 valence electrons. The summed E-state index contributed by atoms with van der Waals surface area (Å²) in [5.41, 5.74) is 1.57. The van der Waals surface area contributed by atoms with Crippen LogP contribution in [0.25, 0.3) is 0 Å². The highest BCUT2D eigenvalue weighted by Gasteiger charge is 2.11. The summed E-state index contributed by atoms with van der Waals surface area (Å²) in [6.07, 6.45) is -0.894. The van der Waals surface area contributed by atoms with Crippen LogP contribution >= 0.6 is 0 Å². The van der Waals surface area contributed by atoms with Gasteiger partial charge in [0, 0.05) is 13.1 Å². The Labute approximate surface area is 96.6 Å². The first kappa shape index (κ1) is 12.9. The van der Waals surface area contributed by atoms with Gasteiger partial charge in [0.25, 0.3) is 0 Å². The fourth-order valence-electron chi connectivity index (χ4n) is 1.65. The van der Waals surface area contributed by atoms with Crippen molar-refractivity contribution >= 4 is 5.82 Å². The molecule has 0 bridgehead atoms. The molecule has 0 saturated carbocycles. The minimum absolute atomic E-state index is 0.297. The molecule has 0 radical (unpaired) electrons. The van der Waals surface area contributed by atoms with E-state index < -0.39 is 6.10 Å². The van der Waals surface area contributed by atoms with Crippen LogP contribution in [0.15, 0.2) is 12.1 Å². The molecule has 0 fully saturated rings. The summed E-state index contributed by atoms with van der Waals surface area (Å²) in [4.78, 5) is 6.47.